The van der Waals surface area contributed by atoms with Gasteiger partial charge in [0.25, 0.3) is 0 Å². The van der Waals surface area contributed by atoms with Crippen LogP contribution in [0.5, 0.6) is 0 Å². The van der Waals surface area contributed by atoms with Gasteiger partial charge in [0, 0.05) is 6.04 Å². The zero-order valence-corrected chi connectivity index (χ0v) is 13.3. The molecule has 4 bridgehead atoms. The zero-order chi connectivity index (χ0) is 15.3. The summed E-state index contributed by atoms with van der Waals surface area (Å²) in [7, 11) is 0. The Balaban J connectivity index is 1.54. The van der Waals surface area contributed by atoms with Crippen LogP contribution >= 0.6 is 0 Å². The number of hydrogen-bond donors (Lipinski definition) is 1. The first-order valence-electron chi connectivity index (χ1n) is 9.04. The number of amides is 1. The third kappa shape index (κ3) is 2.17. The minimum absolute atomic E-state index is 0.0449. The number of nitrogens with two attached hydrogens (primary N) is 1. The van der Waals surface area contributed by atoms with Crippen LogP contribution in [0, 0.1) is 34.5 Å². The summed E-state index contributed by atoms with van der Waals surface area (Å²) in [5.74, 6) is 2.47. The predicted octanol–water partition coefficient (Wildman–Crippen LogP) is 2.43. The van der Waals surface area contributed by atoms with Crippen LogP contribution in [-0.4, -0.2) is 29.4 Å². The summed E-state index contributed by atoms with van der Waals surface area (Å²) in [6, 6.07) is 2.07. The van der Waals surface area contributed by atoms with Gasteiger partial charge in [-0.1, -0.05) is 0 Å². The first-order valence-corrected chi connectivity index (χ1v) is 9.04. The number of carbonyl (C=O) groups excluding carboxylic acids is 1. The molecule has 0 aromatic heterocycles. The van der Waals surface area contributed by atoms with Gasteiger partial charge in [0.2, 0.25) is 5.91 Å². The van der Waals surface area contributed by atoms with Gasteiger partial charge in [-0.2, -0.15) is 5.26 Å². The van der Waals surface area contributed by atoms with Gasteiger partial charge in [0.1, 0.15) is 6.54 Å². The third-order valence-corrected chi connectivity index (χ3v) is 7.05. The van der Waals surface area contributed by atoms with Crippen LogP contribution in [0.1, 0.15) is 57.8 Å². The molecule has 2 N–H and O–H groups in total. The van der Waals surface area contributed by atoms with E-state index in [0.29, 0.717) is 0 Å². The number of carbonyl (C=O) groups is 1. The topological polar surface area (TPSA) is 70.1 Å². The molecule has 120 valence electrons. The Labute approximate surface area is 133 Å². The molecule has 1 amide bonds. The van der Waals surface area contributed by atoms with Crippen molar-refractivity contribution in [2.45, 2.75) is 69.9 Å². The van der Waals surface area contributed by atoms with E-state index in [9.17, 15) is 4.79 Å². The van der Waals surface area contributed by atoms with Crippen molar-refractivity contribution in [1.82, 2.24) is 4.90 Å². The summed E-state index contributed by atoms with van der Waals surface area (Å²) in [5.41, 5.74) is 6.61. The fourth-order valence-corrected chi connectivity index (χ4v) is 6.16. The Morgan fingerprint density at radius 1 is 1.18 bits per heavy atom. The minimum atomic E-state index is -0.380. The van der Waals surface area contributed by atoms with E-state index in [1.54, 1.807) is 4.90 Å². The van der Waals surface area contributed by atoms with Crippen molar-refractivity contribution in [3.63, 3.8) is 0 Å². The Morgan fingerprint density at radius 3 is 2.14 bits per heavy atom. The van der Waals surface area contributed by atoms with Crippen molar-refractivity contribution in [1.29, 1.82) is 5.26 Å². The molecule has 5 saturated carbocycles. The highest BCUT2D eigenvalue weighted by Crippen LogP contribution is 2.61. The molecule has 5 rings (SSSR count). The van der Waals surface area contributed by atoms with Crippen LogP contribution in [0.2, 0.25) is 0 Å². The Kier molecular flexibility index (Phi) is 3.45. The van der Waals surface area contributed by atoms with E-state index >= 15 is 0 Å². The van der Waals surface area contributed by atoms with Crippen molar-refractivity contribution in [3.05, 3.63) is 0 Å². The summed E-state index contributed by atoms with van der Waals surface area (Å²) in [6.45, 7) is 0.212. The summed E-state index contributed by atoms with van der Waals surface area (Å²) in [6.07, 6.45) is 10.8. The number of rotatable bonds is 4. The second kappa shape index (κ2) is 5.23. The molecule has 5 aliphatic rings. The van der Waals surface area contributed by atoms with Gasteiger partial charge in [0.15, 0.2) is 0 Å². The van der Waals surface area contributed by atoms with Crippen molar-refractivity contribution < 1.29 is 4.79 Å². The van der Waals surface area contributed by atoms with E-state index in [-0.39, 0.29) is 30.0 Å². The van der Waals surface area contributed by atoms with Crippen LogP contribution < -0.4 is 5.73 Å². The van der Waals surface area contributed by atoms with E-state index < -0.39 is 0 Å². The van der Waals surface area contributed by atoms with Gasteiger partial charge in [-0.15, -0.1) is 0 Å². The van der Waals surface area contributed by atoms with Gasteiger partial charge in [-0.25, -0.2) is 0 Å². The summed E-state index contributed by atoms with van der Waals surface area (Å²) in [5, 5.41) is 9.09. The Hall–Kier alpha value is -1.08. The van der Waals surface area contributed by atoms with Gasteiger partial charge >= 0.3 is 0 Å². The van der Waals surface area contributed by atoms with E-state index in [1.165, 1.54) is 25.7 Å². The van der Waals surface area contributed by atoms with E-state index in [0.717, 1.165) is 49.9 Å². The van der Waals surface area contributed by atoms with Crippen LogP contribution in [0.25, 0.3) is 0 Å². The zero-order valence-electron chi connectivity index (χ0n) is 13.3. The van der Waals surface area contributed by atoms with Crippen molar-refractivity contribution >= 4 is 5.91 Å². The molecule has 0 heterocycles. The lowest BCUT2D eigenvalue weighted by Crippen LogP contribution is -2.61. The molecule has 5 fully saturated rings. The molecular weight excluding hydrogens is 274 g/mol. The Bertz CT molecular complexity index is 470. The fraction of sp³-hybridized carbons (Fsp3) is 0.889. The van der Waals surface area contributed by atoms with Crippen molar-refractivity contribution in [2.24, 2.45) is 28.9 Å². The molecule has 5 aliphatic carbocycles. The molecule has 0 radical (unpaired) electrons. The SMILES string of the molecule is N#CCN(C(=O)C(N)C12CC3CC(CC(C3)C1)C2)C1CCC1. The monoisotopic (exact) mass is 301 g/mol. The highest BCUT2D eigenvalue weighted by atomic mass is 16.2. The maximum atomic E-state index is 13.0. The fourth-order valence-electron chi connectivity index (χ4n) is 6.16. The third-order valence-electron chi connectivity index (χ3n) is 7.05. The molecule has 0 saturated heterocycles. The molecule has 1 unspecified atom stereocenters. The molecule has 4 heteroatoms. The molecule has 0 spiro atoms. The molecule has 1 atom stereocenters. The van der Waals surface area contributed by atoms with Crippen LogP contribution in [0.4, 0.5) is 0 Å². The predicted molar refractivity (Wildman–Crippen MR) is 83.5 cm³/mol. The number of nitriles is 1. The molecule has 0 aromatic carbocycles. The lowest BCUT2D eigenvalue weighted by molar-refractivity contribution is -0.146. The smallest absolute Gasteiger partial charge is 0.241 e. The highest BCUT2D eigenvalue weighted by Gasteiger charge is 2.55. The van der Waals surface area contributed by atoms with Crippen LogP contribution in [0.3, 0.4) is 0 Å². The summed E-state index contributed by atoms with van der Waals surface area (Å²) < 4.78 is 0. The molecule has 0 aromatic rings. The highest BCUT2D eigenvalue weighted by molar-refractivity contribution is 5.83. The number of nitrogens with zero attached hydrogens (tertiary/aromatic N) is 2. The van der Waals surface area contributed by atoms with Gasteiger partial charge in [-0.05, 0) is 81.0 Å². The van der Waals surface area contributed by atoms with Gasteiger partial charge in [-0.3, -0.25) is 4.79 Å². The first-order chi connectivity index (χ1) is 10.6. The maximum absolute atomic E-state index is 13.0. The second-order valence-electron chi connectivity index (χ2n) is 8.47. The molecule has 22 heavy (non-hydrogen) atoms. The van der Waals surface area contributed by atoms with Crippen LogP contribution in [0.15, 0.2) is 0 Å². The van der Waals surface area contributed by atoms with Crippen LogP contribution in [-0.2, 0) is 4.79 Å². The lowest BCUT2D eigenvalue weighted by atomic mass is 9.47. The largest absolute Gasteiger partial charge is 0.325 e. The average Bonchev–Trinajstić information content (AvgIpc) is 2.42. The van der Waals surface area contributed by atoms with E-state index in [1.807, 2.05) is 0 Å². The normalized spacial score (nSPS) is 40.8. The maximum Gasteiger partial charge on any atom is 0.241 e. The average molecular weight is 301 g/mol. The quantitative estimate of drug-likeness (QED) is 0.811. The standard InChI is InChI=1S/C18H27N3O/c19-4-5-21(15-2-1-3-15)17(22)16(20)18-9-12-6-13(10-18)8-14(7-12)11-18/h12-16H,1-3,5-11,20H2. The van der Waals surface area contributed by atoms with Crippen molar-refractivity contribution in [3.8, 4) is 6.07 Å². The number of hydrogen-bond acceptors (Lipinski definition) is 3. The molecule has 0 aliphatic heterocycles. The molecule has 4 nitrogen and oxygen atoms in total. The lowest BCUT2D eigenvalue weighted by Gasteiger charge is -2.59. The van der Waals surface area contributed by atoms with Crippen molar-refractivity contribution in [2.75, 3.05) is 6.54 Å². The van der Waals surface area contributed by atoms with Gasteiger partial charge < -0.3 is 10.6 Å². The van der Waals surface area contributed by atoms with E-state index in [4.69, 9.17) is 11.0 Å². The second-order valence-corrected chi connectivity index (χ2v) is 8.47. The minimum Gasteiger partial charge on any atom is -0.325 e. The summed E-state index contributed by atoms with van der Waals surface area (Å²) >= 11 is 0. The molecular formula is C18H27N3O. The Morgan fingerprint density at radius 2 is 1.73 bits per heavy atom. The van der Waals surface area contributed by atoms with E-state index in [2.05, 4.69) is 6.07 Å². The summed E-state index contributed by atoms with van der Waals surface area (Å²) in [4.78, 5) is 14.8. The van der Waals surface area contributed by atoms with Gasteiger partial charge in [0.05, 0.1) is 12.1 Å². The first kappa shape index (κ1) is 14.5.